The zero-order chi connectivity index (χ0) is 29.8. The molecule has 0 saturated heterocycles. The fourth-order valence-electron chi connectivity index (χ4n) is 7.35. The van der Waals surface area contributed by atoms with Crippen molar-refractivity contribution >= 4 is 51.8 Å². The molecule has 0 aromatic heterocycles. The first-order chi connectivity index (χ1) is 21.5. The second kappa shape index (κ2) is 11.3. The van der Waals surface area contributed by atoms with E-state index in [0.717, 1.165) is 0 Å². The van der Waals surface area contributed by atoms with Gasteiger partial charge in [-0.1, -0.05) is 0 Å². The normalized spacial score (nSPS) is 15.5. The van der Waals surface area contributed by atoms with Crippen molar-refractivity contribution in [3.63, 3.8) is 0 Å². The molecule has 212 valence electrons. The van der Waals surface area contributed by atoms with Crippen LogP contribution in [0.25, 0.3) is 45.0 Å². The summed E-state index contributed by atoms with van der Waals surface area (Å²) in [6.07, 6.45) is 2.41. The monoisotopic (exact) mass is 698 g/mol. The van der Waals surface area contributed by atoms with Gasteiger partial charge >= 0.3 is 275 Å². The van der Waals surface area contributed by atoms with Crippen molar-refractivity contribution in [1.29, 1.82) is 0 Å². The van der Waals surface area contributed by atoms with Crippen LogP contribution in [0.5, 0.6) is 0 Å². The number of benzene rings is 6. The second-order valence-electron chi connectivity index (χ2n) is 11.9. The van der Waals surface area contributed by atoms with E-state index in [2.05, 4.69) is 153 Å². The fourth-order valence-corrected chi connectivity index (χ4v) is 23.8. The van der Waals surface area contributed by atoms with Crippen LogP contribution in [-0.2, 0) is 17.9 Å². The van der Waals surface area contributed by atoms with Crippen LogP contribution in [0.4, 0.5) is 0 Å². The Hall–Kier alpha value is -3.26. The van der Waals surface area contributed by atoms with Gasteiger partial charge in [0.25, 0.3) is 0 Å². The first-order valence-electron chi connectivity index (χ1n) is 15.2. The molecule has 44 heavy (non-hydrogen) atoms. The molecule has 6 aromatic rings. The molecule has 1 heterocycles. The number of allylic oxidation sites excluding steroid dienone is 1. The number of rotatable bonds is 5. The Morgan fingerprint density at radius 3 is 1.95 bits per heavy atom. The zero-order valence-electron chi connectivity index (χ0n) is 24.4. The summed E-state index contributed by atoms with van der Waals surface area (Å²) in [6, 6.07) is 50.4. The van der Waals surface area contributed by atoms with Crippen LogP contribution < -0.4 is 13.6 Å². The van der Waals surface area contributed by atoms with Gasteiger partial charge in [-0.2, -0.15) is 0 Å². The van der Waals surface area contributed by atoms with E-state index in [1.54, 1.807) is 0 Å². The van der Waals surface area contributed by atoms with E-state index in [4.69, 9.17) is 17.0 Å². The molecule has 1 aliphatic carbocycles. The summed E-state index contributed by atoms with van der Waals surface area (Å²) in [7, 11) is 15.3. The Bertz CT molecular complexity index is 2080. The standard InChI is InChI=1S/C28H21.C12H9Si.2ClH.Zr/c1-20-10-8-9-15-25(20)28-26(22-13-6-3-7-14-22)17-16-23-18-24(19-27(23)28)21-11-4-2-5-12-21;1-3-7-11-9(5-1)10-6-2-4-8-12(10)13-11;;;/h2-19H,1H3;1-7H,13H2;2*1H;/q;;;;+2/p-2. The molecule has 0 radical (unpaired) electrons. The van der Waals surface area contributed by atoms with Crippen LogP contribution in [0.15, 0.2) is 140 Å². The molecule has 0 saturated carbocycles. The molecule has 6 aromatic carbocycles. The maximum absolute atomic E-state index is 8.01. The van der Waals surface area contributed by atoms with Crippen LogP contribution in [-0.4, -0.2) is 9.52 Å². The topological polar surface area (TPSA) is 0 Å². The Morgan fingerprint density at radius 2 is 1.20 bits per heavy atom. The van der Waals surface area contributed by atoms with Crippen LogP contribution in [0.1, 0.15) is 25.9 Å². The maximum atomic E-state index is 8.01. The average molecular weight is 701 g/mol. The third-order valence-electron chi connectivity index (χ3n) is 9.38. The third-order valence-corrected chi connectivity index (χ3v) is 23.6. The molecule has 8 rings (SSSR count). The molecule has 0 amide bonds. The van der Waals surface area contributed by atoms with E-state index in [-0.39, 0.29) is 3.63 Å². The van der Waals surface area contributed by atoms with E-state index < -0.39 is 27.4 Å². The number of fused-ring (bicyclic) bond motifs is 4. The molecular weight excluding hydrogens is 671 g/mol. The number of hydrogen-bond donors (Lipinski definition) is 0. The number of halogens is 2. The van der Waals surface area contributed by atoms with Crippen LogP contribution >= 0.6 is 17.0 Å². The summed E-state index contributed by atoms with van der Waals surface area (Å²) >= 11 is -4.18. The van der Waals surface area contributed by atoms with E-state index in [0.29, 0.717) is 0 Å². The molecule has 1 atom stereocenters. The molecule has 1 aliphatic heterocycles. The Labute approximate surface area is 273 Å². The molecule has 2 aliphatic rings. The summed E-state index contributed by atoms with van der Waals surface area (Å²) in [5.74, 6) is 0. The molecular formula is C40H30Cl2SiZr. The summed E-state index contributed by atoms with van der Waals surface area (Å²) < 4.78 is 1.22. The van der Waals surface area contributed by atoms with Crippen LogP contribution in [0, 0.1) is 6.92 Å². The van der Waals surface area contributed by atoms with Gasteiger partial charge in [-0.05, 0) is 0 Å². The summed E-state index contributed by atoms with van der Waals surface area (Å²) in [4.78, 5) is 0. The van der Waals surface area contributed by atoms with Crippen molar-refractivity contribution in [3.05, 3.63) is 162 Å². The van der Waals surface area contributed by atoms with Gasteiger partial charge in [0.05, 0.1) is 0 Å². The van der Waals surface area contributed by atoms with Gasteiger partial charge in [0.2, 0.25) is 0 Å². The Balaban J connectivity index is 1.39. The van der Waals surface area contributed by atoms with Crippen LogP contribution in [0.2, 0.25) is 0 Å². The molecule has 0 nitrogen and oxygen atoms in total. The van der Waals surface area contributed by atoms with Crippen molar-refractivity contribution in [1.82, 2.24) is 0 Å². The number of aryl methyl sites for hydroxylation is 1. The van der Waals surface area contributed by atoms with Gasteiger partial charge < -0.3 is 0 Å². The fraction of sp³-hybridized carbons (Fsp3) is 0.0500. The van der Waals surface area contributed by atoms with E-state index in [9.17, 15) is 0 Å². The van der Waals surface area contributed by atoms with Crippen molar-refractivity contribution in [2.75, 3.05) is 0 Å². The summed E-state index contributed by atoms with van der Waals surface area (Å²) in [5.41, 5.74) is 13.9. The number of hydrogen-bond acceptors (Lipinski definition) is 0. The van der Waals surface area contributed by atoms with Gasteiger partial charge in [0, 0.05) is 0 Å². The van der Waals surface area contributed by atoms with E-state index >= 15 is 0 Å². The van der Waals surface area contributed by atoms with Crippen molar-refractivity contribution in [2.45, 2.75) is 10.5 Å². The molecule has 0 N–H and O–H groups in total. The Morgan fingerprint density at radius 1 is 0.568 bits per heavy atom. The predicted molar refractivity (Wildman–Crippen MR) is 190 cm³/mol. The van der Waals surface area contributed by atoms with Gasteiger partial charge in [0.1, 0.15) is 0 Å². The minimum atomic E-state index is -4.18. The van der Waals surface area contributed by atoms with E-state index in [1.807, 2.05) is 0 Å². The minimum absolute atomic E-state index is 0.0400. The van der Waals surface area contributed by atoms with Crippen molar-refractivity contribution in [2.24, 2.45) is 0 Å². The second-order valence-corrected chi connectivity index (χ2v) is 27.7. The third kappa shape index (κ3) is 4.58. The van der Waals surface area contributed by atoms with Gasteiger partial charge in [-0.3, -0.25) is 0 Å². The van der Waals surface area contributed by atoms with Gasteiger partial charge in [-0.25, -0.2) is 0 Å². The molecule has 1 unspecified atom stereocenters. The van der Waals surface area contributed by atoms with Crippen molar-refractivity contribution in [3.8, 4) is 33.4 Å². The SMILES string of the molecule is Cc1ccccc1-c1c(-c2ccccc2)ccc2c1C=C(c1ccccc1)[CH]2[Zr]([Cl])([Cl])[c]1cccc2c1[SiH2]c1ccccc1-2. The summed E-state index contributed by atoms with van der Waals surface area (Å²) in [5, 5.41) is 2.95. The van der Waals surface area contributed by atoms with Gasteiger partial charge in [0.15, 0.2) is 0 Å². The molecule has 0 fully saturated rings. The predicted octanol–water partition coefficient (Wildman–Crippen LogP) is 8.81. The van der Waals surface area contributed by atoms with E-state index in [1.165, 1.54) is 74.9 Å². The zero-order valence-corrected chi connectivity index (χ0v) is 29.8. The Kier molecular flexibility index (Phi) is 7.23. The average Bonchev–Trinajstić information content (AvgIpc) is 3.65. The quantitative estimate of drug-likeness (QED) is 0.158. The first-order valence-corrected chi connectivity index (χ1v) is 25.6. The van der Waals surface area contributed by atoms with Crippen LogP contribution in [0.3, 0.4) is 0 Å². The molecule has 0 bridgehead atoms. The molecule has 0 spiro atoms. The first kappa shape index (κ1) is 28.2. The van der Waals surface area contributed by atoms with Crippen molar-refractivity contribution < 1.29 is 17.9 Å². The summed E-state index contributed by atoms with van der Waals surface area (Å²) in [6.45, 7) is 2.21. The van der Waals surface area contributed by atoms with Gasteiger partial charge in [-0.15, -0.1) is 0 Å². The molecule has 4 heteroatoms.